The first-order valence-electron chi connectivity index (χ1n) is 6.85. The van der Waals surface area contributed by atoms with E-state index in [9.17, 15) is 0 Å². The van der Waals surface area contributed by atoms with Gasteiger partial charge in [0.15, 0.2) is 0 Å². The standard InChI is InChI=1S/C15H16Cl2N2O3/c1-20-7-12-8-21-15(22-12,9-19-5-4-18-10-19)13-3-2-11(16)6-14(13)17/h2-6,10,12H,7-9H2,1H3/t12-,15-/m0/s1. The van der Waals surface area contributed by atoms with Crippen molar-refractivity contribution in [1.82, 2.24) is 9.55 Å². The van der Waals surface area contributed by atoms with Gasteiger partial charge in [0.1, 0.15) is 6.10 Å². The number of imidazole rings is 1. The largest absolute Gasteiger partial charge is 0.382 e. The lowest BCUT2D eigenvalue weighted by Crippen LogP contribution is -2.34. The van der Waals surface area contributed by atoms with E-state index in [0.29, 0.717) is 29.8 Å². The Bertz CT molecular complexity index is 636. The molecule has 22 heavy (non-hydrogen) atoms. The van der Waals surface area contributed by atoms with Gasteiger partial charge in [0, 0.05) is 30.1 Å². The van der Waals surface area contributed by atoms with Crippen molar-refractivity contribution in [1.29, 1.82) is 0 Å². The second-order valence-electron chi connectivity index (χ2n) is 5.12. The van der Waals surface area contributed by atoms with Gasteiger partial charge in [-0.25, -0.2) is 4.98 Å². The highest BCUT2D eigenvalue weighted by atomic mass is 35.5. The average Bonchev–Trinajstić information content (AvgIpc) is 3.10. The molecule has 2 atom stereocenters. The molecule has 0 spiro atoms. The number of nitrogens with zero attached hydrogens (tertiary/aromatic N) is 2. The molecule has 1 aliphatic heterocycles. The van der Waals surface area contributed by atoms with Gasteiger partial charge in [0.25, 0.3) is 0 Å². The number of ether oxygens (including phenoxy) is 3. The van der Waals surface area contributed by atoms with Crippen molar-refractivity contribution >= 4 is 23.2 Å². The Balaban J connectivity index is 1.96. The number of hydrogen-bond acceptors (Lipinski definition) is 4. The first-order valence-corrected chi connectivity index (χ1v) is 7.60. The van der Waals surface area contributed by atoms with Gasteiger partial charge in [-0.3, -0.25) is 0 Å². The van der Waals surface area contributed by atoms with Crippen molar-refractivity contribution in [2.24, 2.45) is 0 Å². The quantitative estimate of drug-likeness (QED) is 0.837. The summed E-state index contributed by atoms with van der Waals surface area (Å²) in [6.07, 6.45) is 5.11. The Morgan fingerprint density at radius 2 is 2.32 bits per heavy atom. The Kier molecular flexibility index (Phi) is 4.70. The van der Waals surface area contributed by atoms with Crippen LogP contribution in [0.25, 0.3) is 0 Å². The Hall–Kier alpha value is -1.11. The zero-order valence-electron chi connectivity index (χ0n) is 12.0. The number of methoxy groups -OCH3 is 1. The highest BCUT2D eigenvalue weighted by molar-refractivity contribution is 6.35. The average molecular weight is 343 g/mol. The lowest BCUT2D eigenvalue weighted by molar-refractivity contribution is -0.190. The first kappa shape index (κ1) is 15.8. The molecule has 0 bridgehead atoms. The molecule has 0 N–H and O–H groups in total. The SMILES string of the molecule is COC[C@H]1CO[C@](Cn2ccnc2)(c2ccc(Cl)cc2Cl)O1. The normalized spacial score (nSPS) is 24.8. The van der Waals surface area contributed by atoms with E-state index < -0.39 is 5.79 Å². The summed E-state index contributed by atoms with van der Waals surface area (Å²) in [5.41, 5.74) is 0.742. The molecule has 2 heterocycles. The van der Waals surface area contributed by atoms with Gasteiger partial charge in [-0.05, 0) is 12.1 Å². The van der Waals surface area contributed by atoms with Gasteiger partial charge in [0.05, 0.1) is 31.1 Å². The molecule has 118 valence electrons. The molecule has 0 unspecified atom stereocenters. The topological polar surface area (TPSA) is 45.5 Å². The van der Waals surface area contributed by atoms with Gasteiger partial charge >= 0.3 is 0 Å². The molecule has 1 fully saturated rings. The fourth-order valence-electron chi connectivity index (χ4n) is 2.56. The third-order valence-corrected chi connectivity index (χ3v) is 4.05. The summed E-state index contributed by atoms with van der Waals surface area (Å²) < 4.78 is 19.2. The van der Waals surface area contributed by atoms with Gasteiger partial charge < -0.3 is 18.8 Å². The van der Waals surface area contributed by atoms with Crippen LogP contribution >= 0.6 is 23.2 Å². The first-order chi connectivity index (χ1) is 10.6. The lowest BCUT2D eigenvalue weighted by Gasteiger charge is -2.29. The van der Waals surface area contributed by atoms with E-state index in [1.165, 1.54) is 0 Å². The molecule has 1 aliphatic rings. The highest BCUT2D eigenvalue weighted by Crippen LogP contribution is 2.40. The Morgan fingerprint density at radius 3 is 3.00 bits per heavy atom. The van der Waals surface area contributed by atoms with Crippen LogP contribution in [0.2, 0.25) is 10.0 Å². The molecule has 5 nitrogen and oxygen atoms in total. The molecule has 1 aromatic heterocycles. The van der Waals surface area contributed by atoms with E-state index in [1.54, 1.807) is 31.8 Å². The number of aromatic nitrogens is 2. The van der Waals surface area contributed by atoms with Crippen molar-refractivity contribution in [3.05, 3.63) is 52.5 Å². The van der Waals surface area contributed by atoms with E-state index in [-0.39, 0.29) is 6.10 Å². The van der Waals surface area contributed by atoms with Gasteiger partial charge in [-0.1, -0.05) is 29.3 Å². The van der Waals surface area contributed by atoms with Crippen molar-refractivity contribution in [3.63, 3.8) is 0 Å². The summed E-state index contributed by atoms with van der Waals surface area (Å²) in [6, 6.07) is 5.29. The lowest BCUT2D eigenvalue weighted by atomic mass is 10.1. The van der Waals surface area contributed by atoms with Crippen LogP contribution in [0.1, 0.15) is 5.56 Å². The van der Waals surface area contributed by atoms with E-state index in [2.05, 4.69) is 4.98 Å². The van der Waals surface area contributed by atoms with Crippen LogP contribution in [0.5, 0.6) is 0 Å². The molecule has 1 aromatic carbocycles. The minimum absolute atomic E-state index is 0.153. The van der Waals surface area contributed by atoms with Crippen LogP contribution in [-0.4, -0.2) is 36.0 Å². The maximum atomic E-state index is 6.36. The van der Waals surface area contributed by atoms with E-state index in [1.807, 2.05) is 16.8 Å². The van der Waals surface area contributed by atoms with Gasteiger partial charge in [-0.2, -0.15) is 0 Å². The summed E-state index contributed by atoms with van der Waals surface area (Å²) in [5, 5.41) is 1.07. The van der Waals surface area contributed by atoms with Crippen LogP contribution in [0.4, 0.5) is 0 Å². The molecule has 3 rings (SSSR count). The van der Waals surface area contributed by atoms with E-state index in [4.69, 9.17) is 37.4 Å². The molecule has 0 radical (unpaired) electrons. The second-order valence-corrected chi connectivity index (χ2v) is 5.96. The predicted octanol–water partition coefficient (Wildman–Crippen LogP) is 3.10. The summed E-state index contributed by atoms with van der Waals surface area (Å²) in [4.78, 5) is 4.05. The second kappa shape index (κ2) is 6.56. The molecular formula is C15H16Cl2N2O3. The van der Waals surface area contributed by atoms with Crippen LogP contribution in [0.15, 0.2) is 36.9 Å². The summed E-state index contributed by atoms with van der Waals surface area (Å²) in [5.74, 6) is -0.981. The van der Waals surface area contributed by atoms with Crippen molar-refractivity contribution in [3.8, 4) is 0 Å². The van der Waals surface area contributed by atoms with E-state index >= 15 is 0 Å². The van der Waals surface area contributed by atoms with E-state index in [0.717, 1.165) is 5.56 Å². The monoisotopic (exact) mass is 342 g/mol. The maximum absolute atomic E-state index is 6.36. The maximum Gasteiger partial charge on any atom is 0.215 e. The minimum atomic E-state index is -0.981. The van der Waals surface area contributed by atoms with Crippen molar-refractivity contribution < 1.29 is 14.2 Å². The third-order valence-electron chi connectivity index (χ3n) is 3.50. The molecular weight excluding hydrogens is 327 g/mol. The van der Waals surface area contributed by atoms with Crippen LogP contribution in [0.3, 0.4) is 0 Å². The van der Waals surface area contributed by atoms with Crippen LogP contribution in [0, 0.1) is 0 Å². The molecule has 7 heteroatoms. The molecule has 0 saturated carbocycles. The number of halogens is 2. The van der Waals surface area contributed by atoms with Gasteiger partial charge in [0.2, 0.25) is 5.79 Å². The van der Waals surface area contributed by atoms with Crippen molar-refractivity contribution in [2.45, 2.75) is 18.4 Å². The Labute approximate surface area is 138 Å². The summed E-state index contributed by atoms with van der Waals surface area (Å²) in [7, 11) is 1.63. The number of rotatable bonds is 5. The zero-order valence-corrected chi connectivity index (χ0v) is 13.5. The zero-order chi connectivity index (χ0) is 15.6. The van der Waals surface area contributed by atoms with Crippen LogP contribution in [-0.2, 0) is 26.5 Å². The molecule has 0 amide bonds. The van der Waals surface area contributed by atoms with Crippen LogP contribution < -0.4 is 0 Å². The fourth-order valence-corrected chi connectivity index (χ4v) is 3.11. The smallest absolute Gasteiger partial charge is 0.215 e. The summed E-state index contributed by atoms with van der Waals surface area (Å²) >= 11 is 12.4. The van der Waals surface area contributed by atoms with Crippen molar-refractivity contribution in [2.75, 3.05) is 20.3 Å². The number of benzene rings is 1. The Morgan fingerprint density at radius 1 is 1.45 bits per heavy atom. The predicted molar refractivity (Wildman–Crippen MR) is 83.1 cm³/mol. The molecule has 2 aromatic rings. The minimum Gasteiger partial charge on any atom is -0.382 e. The highest BCUT2D eigenvalue weighted by Gasteiger charge is 2.45. The third kappa shape index (κ3) is 3.14. The summed E-state index contributed by atoms with van der Waals surface area (Å²) in [6.45, 7) is 1.33. The fraction of sp³-hybridized carbons (Fsp3) is 0.400. The molecule has 0 aliphatic carbocycles. The number of hydrogen-bond donors (Lipinski definition) is 0. The van der Waals surface area contributed by atoms with Gasteiger partial charge in [-0.15, -0.1) is 0 Å². The molecule has 1 saturated heterocycles.